The zero-order chi connectivity index (χ0) is 20.0. The van der Waals surface area contributed by atoms with Crippen LogP contribution < -0.4 is 20.3 Å². The molecule has 27 heavy (non-hydrogen) atoms. The third-order valence-electron chi connectivity index (χ3n) is 3.91. The van der Waals surface area contributed by atoms with Gasteiger partial charge >= 0.3 is 0 Å². The summed E-state index contributed by atoms with van der Waals surface area (Å²) >= 11 is 1.24. The van der Waals surface area contributed by atoms with Gasteiger partial charge in [0, 0.05) is 12.1 Å². The maximum absolute atomic E-state index is 12.7. The quantitative estimate of drug-likeness (QED) is 0.529. The third-order valence-corrected chi connectivity index (χ3v) is 5.16. The number of hydrogen-bond donors (Lipinski definition) is 2. The summed E-state index contributed by atoms with van der Waals surface area (Å²) in [4.78, 5) is 31.7. The SMILES string of the molecule is CCC(Sc1nc(C(C)C)cc(=O)[nH]1)C(=O)Nc1ccc(OC)cc1OC. The van der Waals surface area contributed by atoms with E-state index in [9.17, 15) is 9.59 Å². The van der Waals surface area contributed by atoms with Crippen molar-refractivity contribution >= 4 is 23.4 Å². The van der Waals surface area contributed by atoms with E-state index < -0.39 is 5.25 Å². The van der Waals surface area contributed by atoms with Crippen molar-refractivity contribution in [2.75, 3.05) is 19.5 Å². The maximum Gasteiger partial charge on any atom is 0.251 e. The molecule has 146 valence electrons. The van der Waals surface area contributed by atoms with Crippen LogP contribution in [0.25, 0.3) is 0 Å². The fourth-order valence-corrected chi connectivity index (χ4v) is 3.30. The highest BCUT2D eigenvalue weighted by atomic mass is 32.2. The van der Waals surface area contributed by atoms with Gasteiger partial charge in [-0.2, -0.15) is 0 Å². The average molecular weight is 391 g/mol. The molecule has 1 aromatic carbocycles. The van der Waals surface area contributed by atoms with Crippen LogP contribution in [-0.4, -0.2) is 35.3 Å². The monoisotopic (exact) mass is 391 g/mol. The van der Waals surface area contributed by atoms with Gasteiger partial charge in [-0.05, 0) is 24.5 Å². The highest BCUT2D eigenvalue weighted by Gasteiger charge is 2.21. The number of aromatic nitrogens is 2. The van der Waals surface area contributed by atoms with E-state index in [0.29, 0.717) is 34.5 Å². The minimum Gasteiger partial charge on any atom is -0.497 e. The normalized spacial score (nSPS) is 11.9. The Kier molecular flexibility index (Phi) is 7.29. The zero-order valence-electron chi connectivity index (χ0n) is 16.2. The van der Waals surface area contributed by atoms with Crippen molar-refractivity contribution in [3.05, 3.63) is 40.3 Å². The molecule has 0 spiro atoms. The molecule has 1 unspecified atom stereocenters. The van der Waals surface area contributed by atoms with Gasteiger partial charge in [0.25, 0.3) is 5.56 Å². The van der Waals surface area contributed by atoms with Gasteiger partial charge in [0.15, 0.2) is 5.16 Å². The Balaban J connectivity index is 2.18. The van der Waals surface area contributed by atoms with Gasteiger partial charge in [-0.3, -0.25) is 9.59 Å². The van der Waals surface area contributed by atoms with Crippen molar-refractivity contribution in [3.63, 3.8) is 0 Å². The van der Waals surface area contributed by atoms with E-state index in [1.54, 1.807) is 25.3 Å². The van der Waals surface area contributed by atoms with Crippen LogP contribution in [0, 0.1) is 0 Å². The predicted octanol–water partition coefficient (Wildman–Crippen LogP) is 3.42. The van der Waals surface area contributed by atoms with Crippen LogP contribution in [0.2, 0.25) is 0 Å². The maximum atomic E-state index is 12.7. The van der Waals surface area contributed by atoms with Crippen molar-refractivity contribution in [1.29, 1.82) is 0 Å². The van der Waals surface area contributed by atoms with E-state index >= 15 is 0 Å². The number of carbonyl (C=O) groups is 1. The first-order valence-electron chi connectivity index (χ1n) is 8.68. The van der Waals surface area contributed by atoms with Crippen LogP contribution in [0.15, 0.2) is 34.2 Å². The number of nitrogens with zero attached hydrogens (tertiary/aromatic N) is 1. The zero-order valence-corrected chi connectivity index (χ0v) is 17.0. The number of nitrogens with one attached hydrogen (secondary N) is 2. The van der Waals surface area contributed by atoms with Gasteiger partial charge in [-0.1, -0.05) is 32.5 Å². The summed E-state index contributed by atoms with van der Waals surface area (Å²) in [5.41, 5.74) is 1.04. The number of aromatic amines is 1. The van der Waals surface area contributed by atoms with Crippen molar-refractivity contribution in [1.82, 2.24) is 9.97 Å². The fraction of sp³-hybridized carbons (Fsp3) is 0.421. The number of anilines is 1. The average Bonchev–Trinajstić information content (AvgIpc) is 2.65. The van der Waals surface area contributed by atoms with Crippen molar-refractivity contribution in [3.8, 4) is 11.5 Å². The molecule has 0 aliphatic heterocycles. The van der Waals surface area contributed by atoms with E-state index in [1.807, 2.05) is 20.8 Å². The fourth-order valence-electron chi connectivity index (χ4n) is 2.38. The molecule has 2 aromatic rings. The number of thioether (sulfide) groups is 1. The number of rotatable bonds is 8. The number of benzene rings is 1. The molecule has 0 aliphatic rings. The summed E-state index contributed by atoms with van der Waals surface area (Å²) in [6.45, 7) is 5.85. The Bertz CT molecular complexity index is 851. The largest absolute Gasteiger partial charge is 0.497 e. The summed E-state index contributed by atoms with van der Waals surface area (Å²) in [5, 5.41) is 2.90. The molecule has 0 saturated heterocycles. The van der Waals surface area contributed by atoms with Gasteiger partial charge in [0.1, 0.15) is 11.5 Å². The molecule has 2 rings (SSSR count). The first-order valence-corrected chi connectivity index (χ1v) is 9.56. The van der Waals surface area contributed by atoms with E-state index in [2.05, 4.69) is 15.3 Å². The number of ether oxygens (including phenoxy) is 2. The van der Waals surface area contributed by atoms with Crippen LogP contribution in [0.3, 0.4) is 0 Å². The molecule has 0 bridgehead atoms. The molecule has 1 aromatic heterocycles. The first-order chi connectivity index (χ1) is 12.9. The molecule has 1 heterocycles. The summed E-state index contributed by atoms with van der Waals surface area (Å²) in [6, 6.07) is 6.66. The smallest absolute Gasteiger partial charge is 0.251 e. The molecular weight excluding hydrogens is 366 g/mol. The van der Waals surface area contributed by atoms with E-state index in [4.69, 9.17) is 9.47 Å². The van der Waals surface area contributed by atoms with Gasteiger partial charge in [-0.25, -0.2) is 4.98 Å². The minimum atomic E-state index is -0.414. The topological polar surface area (TPSA) is 93.3 Å². The lowest BCUT2D eigenvalue weighted by Gasteiger charge is -2.16. The second-order valence-electron chi connectivity index (χ2n) is 6.20. The van der Waals surface area contributed by atoms with Crippen LogP contribution in [0.4, 0.5) is 5.69 Å². The first kappa shape index (κ1) is 20.8. The van der Waals surface area contributed by atoms with E-state index in [1.165, 1.54) is 24.9 Å². The van der Waals surface area contributed by atoms with Crippen molar-refractivity contribution in [2.24, 2.45) is 0 Å². The summed E-state index contributed by atoms with van der Waals surface area (Å²) in [5.74, 6) is 1.09. The molecule has 2 N–H and O–H groups in total. The van der Waals surface area contributed by atoms with Crippen LogP contribution in [0.1, 0.15) is 38.8 Å². The van der Waals surface area contributed by atoms with Gasteiger partial charge < -0.3 is 19.8 Å². The molecule has 0 aliphatic carbocycles. The van der Waals surface area contributed by atoms with Crippen molar-refractivity contribution < 1.29 is 14.3 Å². The number of hydrogen-bond acceptors (Lipinski definition) is 6. The van der Waals surface area contributed by atoms with E-state index in [-0.39, 0.29) is 17.4 Å². The number of amides is 1. The second kappa shape index (κ2) is 9.45. The molecule has 0 saturated carbocycles. The third kappa shape index (κ3) is 5.50. The second-order valence-corrected chi connectivity index (χ2v) is 7.39. The number of carbonyl (C=O) groups excluding carboxylic acids is 1. The van der Waals surface area contributed by atoms with Crippen molar-refractivity contribution in [2.45, 2.75) is 43.5 Å². The van der Waals surface area contributed by atoms with Gasteiger partial charge in [-0.15, -0.1) is 0 Å². The minimum absolute atomic E-state index is 0.129. The lowest BCUT2D eigenvalue weighted by Crippen LogP contribution is -2.25. The van der Waals surface area contributed by atoms with Gasteiger partial charge in [0.2, 0.25) is 5.91 Å². The van der Waals surface area contributed by atoms with Crippen LogP contribution in [0.5, 0.6) is 11.5 Å². The Labute approximate surface area is 162 Å². The van der Waals surface area contributed by atoms with E-state index in [0.717, 1.165) is 0 Å². The molecule has 8 heteroatoms. The highest BCUT2D eigenvalue weighted by molar-refractivity contribution is 8.00. The standard InChI is InChI=1S/C19H25N3O4S/c1-6-16(27-19-21-14(11(2)3)10-17(23)22-19)18(24)20-13-8-7-12(25-4)9-15(13)26-5/h7-11,16H,6H2,1-5H3,(H,20,24)(H,21,22,23). The summed E-state index contributed by atoms with van der Waals surface area (Å²) in [7, 11) is 3.10. The summed E-state index contributed by atoms with van der Waals surface area (Å²) in [6.07, 6.45) is 0.574. The number of H-pyrrole nitrogens is 1. The number of methoxy groups -OCH3 is 2. The molecule has 0 fully saturated rings. The lowest BCUT2D eigenvalue weighted by molar-refractivity contribution is -0.115. The van der Waals surface area contributed by atoms with Gasteiger partial charge in [0.05, 0.1) is 30.9 Å². The van der Waals surface area contributed by atoms with Crippen LogP contribution >= 0.6 is 11.8 Å². The summed E-state index contributed by atoms with van der Waals surface area (Å²) < 4.78 is 10.5. The predicted molar refractivity (Wildman–Crippen MR) is 107 cm³/mol. The Morgan fingerprint density at radius 2 is 2.00 bits per heavy atom. The molecule has 0 radical (unpaired) electrons. The Morgan fingerprint density at radius 3 is 2.59 bits per heavy atom. The molecule has 1 amide bonds. The molecule has 7 nitrogen and oxygen atoms in total. The highest BCUT2D eigenvalue weighted by Crippen LogP contribution is 2.30. The lowest BCUT2D eigenvalue weighted by atomic mass is 10.1. The Hall–Kier alpha value is -2.48. The Morgan fingerprint density at radius 1 is 1.26 bits per heavy atom. The molecule has 1 atom stereocenters. The van der Waals surface area contributed by atoms with Crippen LogP contribution in [-0.2, 0) is 4.79 Å². The molecular formula is C19H25N3O4S.